The van der Waals surface area contributed by atoms with E-state index in [0.29, 0.717) is 5.75 Å². The normalized spacial score (nSPS) is 9.75. The van der Waals surface area contributed by atoms with Gasteiger partial charge in [-0.15, -0.1) is 0 Å². The summed E-state index contributed by atoms with van der Waals surface area (Å²) in [7, 11) is 0. The maximum atomic E-state index is 13.5. The average Bonchev–Trinajstić information content (AvgIpc) is 2.47. The largest absolute Gasteiger partial charge is 0.489 e. The van der Waals surface area contributed by atoms with Crippen LogP contribution in [0.2, 0.25) is 0 Å². The van der Waals surface area contributed by atoms with Gasteiger partial charge >= 0.3 is 0 Å². The minimum absolute atomic E-state index is 0.0443. The van der Waals surface area contributed by atoms with E-state index in [-0.39, 0.29) is 18.7 Å². The molecule has 2 N–H and O–H groups in total. The molecule has 0 bridgehead atoms. The van der Waals surface area contributed by atoms with E-state index in [9.17, 15) is 8.78 Å². The second-order valence-corrected chi connectivity index (χ2v) is 4.04. The van der Waals surface area contributed by atoms with Gasteiger partial charge in [0.15, 0.2) is 11.6 Å². The average molecular weight is 273 g/mol. The molecule has 0 amide bonds. The first kappa shape index (κ1) is 14.0. The molecule has 2 aromatic carbocycles. The summed E-state index contributed by atoms with van der Waals surface area (Å²) < 4.78 is 31.9. The van der Waals surface area contributed by atoms with Crippen molar-refractivity contribution in [3.63, 3.8) is 0 Å². The molecule has 2 rings (SSSR count). The molecule has 102 valence electrons. The van der Waals surface area contributed by atoms with Crippen molar-refractivity contribution in [2.75, 3.05) is 6.54 Å². The van der Waals surface area contributed by atoms with E-state index in [1.54, 1.807) is 18.2 Å². The first-order valence-electron chi connectivity index (χ1n) is 6.05. The van der Waals surface area contributed by atoms with Gasteiger partial charge in [-0.2, -0.15) is 0 Å². The fourth-order valence-electron chi connectivity index (χ4n) is 1.64. The molecular weight excluding hydrogens is 260 g/mol. The third-order valence-corrected chi connectivity index (χ3v) is 2.59. The molecule has 0 saturated heterocycles. The molecule has 0 radical (unpaired) electrons. The van der Waals surface area contributed by atoms with Crippen LogP contribution in [0.25, 0.3) is 0 Å². The lowest BCUT2D eigenvalue weighted by Crippen LogP contribution is -2.00. The van der Waals surface area contributed by atoms with Crippen molar-refractivity contribution < 1.29 is 13.5 Å². The topological polar surface area (TPSA) is 35.2 Å². The van der Waals surface area contributed by atoms with E-state index in [4.69, 9.17) is 10.5 Å². The number of ether oxygens (including phenoxy) is 1. The molecule has 0 spiro atoms. The fraction of sp³-hybridized carbons (Fsp3) is 0.125. The number of hydrogen-bond acceptors (Lipinski definition) is 2. The van der Waals surface area contributed by atoms with E-state index in [0.717, 1.165) is 11.6 Å². The highest BCUT2D eigenvalue weighted by Crippen LogP contribution is 2.17. The van der Waals surface area contributed by atoms with Gasteiger partial charge in [0.2, 0.25) is 0 Å². The number of hydrogen-bond donors (Lipinski definition) is 1. The van der Waals surface area contributed by atoms with E-state index in [1.807, 2.05) is 6.07 Å². The number of benzene rings is 2. The lowest BCUT2D eigenvalue weighted by Gasteiger charge is -2.07. The molecule has 0 saturated carbocycles. The highest BCUT2D eigenvalue weighted by molar-refractivity contribution is 5.40. The highest BCUT2D eigenvalue weighted by Gasteiger charge is 2.07. The van der Waals surface area contributed by atoms with Gasteiger partial charge in [-0.05, 0) is 24.3 Å². The van der Waals surface area contributed by atoms with Crippen LogP contribution in [0.4, 0.5) is 8.78 Å². The van der Waals surface area contributed by atoms with Gasteiger partial charge in [0.1, 0.15) is 12.4 Å². The lowest BCUT2D eigenvalue weighted by atomic mass is 10.2. The van der Waals surface area contributed by atoms with Crippen LogP contribution in [0.15, 0.2) is 42.5 Å². The molecule has 2 nitrogen and oxygen atoms in total. The van der Waals surface area contributed by atoms with Gasteiger partial charge in [-0.3, -0.25) is 0 Å². The lowest BCUT2D eigenvalue weighted by molar-refractivity contribution is 0.297. The smallest absolute Gasteiger partial charge is 0.165 e. The predicted molar refractivity (Wildman–Crippen MR) is 73.1 cm³/mol. The summed E-state index contributed by atoms with van der Waals surface area (Å²) in [5.41, 5.74) is 6.22. The van der Waals surface area contributed by atoms with Crippen molar-refractivity contribution in [1.29, 1.82) is 0 Å². The van der Waals surface area contributed by atoms with Crippen LogP contribution in [0, 0.1) is 23.5 Å². The summed E-state index contributed by atoms with van der Waals surface area (Å²) in [5.74, 6) is 4.38. The number of nitrogens with two attached hydrogens (primary N) is 1. The summed E-state index contributed by atoms with van der Waals surface area (Å²) in [6.45, 7) is 0.233. The molecule has 0 unspecified atom stereocenters. The van der Waals surface area contributed by atoms with Crippen molar-refractivity contribution in [1.82, 2.24) is 0 Å². The van der Waals surface area contributed by atoms with Crippen LogP contribution in [0.1, 0.15) is 11.1 Å². The zero-order valence-electron chi connectivity index (χ0n) is 10.7. The van der Waals surface area contributed by atoms with Crippen molar-refractivity contribution in [3.05, 3.63) is 65.2 Å². The molecule has 2 aromatic rings. The summed E-state index contributed by atoms with van der Waals surface area (Å²) in [5, 5.41) is 0. The van der Waals surface area contributed by atoms with Gasteiger partial charge in [-0.1, -0.05) is 30.0 Å². The summed E-state index contributed by atoms with van der Waals surface area (Å²) >= 11 is 0. The van der Waals surface area contributed by atoms with E-state index in [1.165, 1.54) is 12.1 Å². The Labute approximate surface area is 116 Å². The van der Waals surface area contributed by atoms with Crippen LogP contribution in [-0.4, -0.2) is 6.54 Å². The standard InChI is InChI=1S/C16H13F2NO/c17-15-8-2-6-13(16(15)18)11-20-14-7-1-4-12(10-14)5-3-9-19/h1-2,4,6-8,10H,9,11,19H2. The first-order chi connectivity index (χ1) is 9.70. The Hall–Kier alpha value is -2.38. The van der Waals surface area contributed by atoms with Crippen molar-refractivity contribution >= 4 is 0 Å². The second kappa shape index (κ2) is 6.69. The maximum absolute atomic E-state index is 13.5. The quantitative estimate of drug-likeness (QED) is 0.873. The third kappa shape index (κ3) is 3.56. The Bertz CT molecular complexity index is 659. The van der Waals surface area contributed by atoms with Crippen molar-refractivity contribution in [2.45, 2.75) is 6.61 Å². The van der Waals surface area contributed by atoms with Crippen LogP contribution in [-0.2, 0) is 6.61 Å². The minimum Gasteiger partial charge on any atom is -0.489 e. The molecule has 0 aliphatic carbocycles. The van der Waals surface area contributed by atoms with Crippen LogP contribution in [0.5, 0.6) is 5.75 Å². The molecular formula is C16H13F2NO. The number of rotatable bonds is 3. The fourth-order valence-corrected chi connectivity index (χ4v) is 1.64. The second-order valence-electron chi connectivity index (χ2n) is 4.04. The van der Waals surface area contributed by atoms with Crippen LogP contribution in [0.3, 0.4) is 0 Å². The Kier molecular flexibility index (Phi) is 4.70. The Morgan fingerprint density at radius 1 is 1.10 bits per heavy atom. The molecule has 20 heavy (non-hydrogen) atoms. The monoisotopic (exact) mass is 273 g/mol. The predicted octanol–water partition coefficient (Wildman–Crippen LogP) is 2.85. The number of halogens is 2. The minimum atomic E-state index is -0.883. The molecule has 0 heterocycles. The van der Waals surface area contributed by atoms with Gasteiger partial charge in [-0.25, -0.2) is 8.78 Å². The molecule has 0 aliphatic rings. The Morgan fingerprint density at radius 2 is 1.90 bits per heavy atom. The Morgan fingerprint density at radius 3 is 2.70 bits per heavy atom. The summed E-state index contributed by atoms with van der Waals surface area (Å²) in [6.07, 6.45) is 0. The maximum Gasteiger partial charge on any atom is 0.165 e. The molecule has 4 heteroatoms. The van der Waals surface area contributed by atoms with E-state index < -0.39 is 11.6 Å². The van der Waals surface area contributed by atoms with Gasteiger partial charge in [0.25, 0.3) is 0 Å². The van der Waals surface area contributed by atoms with Crippen LogP contribution >= 0.6 is 0 Å². The molecule has 0 aromatic heterocycles. The Balaban J connectivity index is 2.09. The van der Waals surface area contributed by atoms with Crippen molar-refractivity contribution in [2.24, 2.45) is 5.73 Å². The van der Waals surface area contributed by atoms with Gasteiger partial charge < -0.3 is 10.5 Å². The summed E-state index contributed by atoms with van der Waals surface area (Å²) in [6, 6.07) is 11.0. The third-order valence-electron chi connectivity index (χ3n) is 2.59. The van der Waals surface area contributed by atoms with E-state index in [2.05, 4.69) is 11.8 Å². The molecule has 0 atom stereocenters. The SMILES string of the molecule is NCC#Cc1cccc(OCc2cccc(F)c2F)c1. The van der Waals surface area contributed by atoms with E-state index >= 15 is 0 Å². The first-order valence-corrected chi connectivity index (χ1v) is 6.05. The van der Waals surface area contributed by atoms with Gasteiger partial charge in [0, 0.05) is 11.1 Å². The zero-order chi connectivity index (χ0) is 14.4. The zero-order valence-corrected chi connectivity index (χ0v) is 10.7. The molecule has 0 aliphatic heterocycles. The van der Waals surface area contributed by atoms with Crippen LogP contribution < -0.4 is 10.5 Å². The van der Waals surface area contributed by atoms with Crippen molar-refractivity contribution in [3.8, 4) is 17.6 Å². The molecule has 0 fully saturated rings. The summed E-state index contributed by atoms with van der Waals surface area (Å²) in [4.78, 5) is 0. The highest BCUT2D eigenvalue weighted by atomic mass is 19.2. The van der Waals surface area contributed by atoms with Gasteiger partial charge in [0.05, 0.1) is 6.54 Å².